The van der Waals surface area contributed by atoms with Gasteiger partial charge >= 0.3 is 0 Å². The Hall–Kier alpha value is -2.80. The van der Waals surface area contributed by atoms with Gasteiger partial charge in [-0.05, 0) is 61.4 Å². The molecule has 174 valence electrons. The lowest BCUT2D eigenvalue weighted by Crippen LogP contribution is -2.44. The van der Waals surface area contributed by atoms with Gasteiger partial charge in [-0.2, -0.15) is 0 Å². The van der Waals surface area contributed by atoms with Crippen LogP contribution in [0.2, 0.25) is 10.0 Å². The summed E-state index contributed by atoms with van der Waals surface area (Å²) in [5, 5.41) is 3.99. The SMILES string of the molecule is Cc1ccc(NC(=O)C2CC(=O)N(Cc3ccc(Cl)cc3)C(=Nc3cccc(Cl)c3)S2)c(C)c1. The maximum atomic E-state index is 13.2. The van der Waals surface area contributed by atoms with Gasteiger partial charge in [0.15, 0.2) is 5.17 Å². The fourth-order valence-electron chi connectivity index (χ4n) is 3.59. The summed E-state index contributed by atoms with van der Waals surface area (Å²) in [5.74, 6) is -0.398. The predicted octanol–water partition coefficient (Wildman–Crippen LogP) is 6.77. The zero-order chi connectivity index (χ0) is 24.2. The first kappa shape index (κ1) is 24.3. The highest BCUT2D eigenvalue weighted by Crippen LogP contribution is 2.32. The molecule has 5 nitrogen and oxygen atoms in total. The molecule has 0 spiro atoms. The van der Waals surface area contributed by atoms with Crippen LogP contribution in [0, 0.1) is 13.8 Å². The molecule has 1 heterocycles. The smallest absolute Gasteiger partial charge is 0.238 e. The number of aryl methyl sites for hydroxylation is 2. The van der Waals surface area contributed by atoms with E-state index in [-0.39, 0.29) is 18.2 Å². The molecule has 0 radical (unpaired) electrons. The third kappa shape index (κ3) is 6.00. The Morgan fingerprint density at radius 2 is 1.82 bits per heavy atom. The van der Waals surface area contributed by atoms with Crippen molar-refractivity contribution < 1.29 is 9.59 Å². The molecule has 0 aromatic heterocycles. The number of carbonyl (C=O) groups excluding carboxylic acids is 2. The molecule has 1 N–H and O–H groups in total. The van der Waals surface area contributed by atoms with Gasteiger partial charge in [-0.25, -0.2) is 4.99 Å². The lowest BCUT2D eigenvalue weighted by atomic mass is 10.1. The van der Waals surface area contributed by atoms with Gasteiger partial charge < -0.3 is 5.32 Å². The molecule has 0 aliphatic carbocycles. The van der Waals surface area contributed by atoms with E-state index >= 15 is 0 Å². The second kappa shape index (κ2) is 10.6. The maximum Gasteiger partial charge on any atom is 0.238 e. The Kier molecular flexibility index (Phi) is 7.61. The molecule has 1 atom stereocenters. The van der Waals surface area contributed by atoms with E-state index in [1.54, 1.807) is 35.2 Å². The lowest BCUT2D eigenvalue weighted by molar-refractivity contribution is -0.129. The molecule has 1 saturated heterocycles. The number of amidine groups is 1. The second-order valence-corrected chi connectivity index (χ2v) is 10.1. The molecule has 2 amide bonds. The average Bonchev–Trinajstić information content (AvgIpc) is 2.79. The molecule has 1 aliphatic heterocycles. The van der Waals surface area contributed by atoms with Crippen molar-refractivity contribution in [1.29, 1.82) is 0 Å². The first-order valence-corrected chi connectivity index (χ1v) is 12.4. The van der Waals surface area contributed by atoms with E-state index < -0.39 is 5.25 Å². The van der Waals surface area contributed by atoms with Crippen molar-refractivity contribution in [3.8, 4) is 0 Å². The fraction of sp³-hybridized carbons (Fsp3) is 0.192. The summed E-state index contributed by atoms with van der Waals surface area (Å²) in [5.41, 5.74) is 4.35. The summed E-state index contributed by atoms with van der Waals surface area (Å²) in [6.07, 6.45) is 0.0730. The molecule has 3 aromatic carbocycles. The summed E-state index contributed by atoms with van der Waals surface area (Å²) in [6, 6.07) is 20.2. The van der Waals surface area contributed by atoms with Crippen molar-refractivity contribution in [2.45, 2.75) is 32.1 Å². The molecule has 4 rings (SSSR count). The highest BCUT2D eigenvalue weighted by atomic mass is 35.5. The van der Waals surface area contributed by atoms with Crippen LogP contribution in [-0.4, -0.2) is 27.1 Å². The summed E-state index contributed by atoms with van der Waals surface area (Å²) in [4.78, 5) is 32.6. The standard InChI is InChI=1S/C26H23Cl2N3O2S/c1-16-6-11-22(17(2)12-16)30-25(33)23-14-24(32)31(15-18-7-9-19(27)10-8-18)26(34-23)29-21-5-3-4-20(28)13-21/h3-13,23H,14-15H2,1-2H3,(H,30,33). The third-order valence-electron chi connectivity index (χ3n) is 5.36. The number of anilines is 1. The number of aliphatic imine (C=N–C) groups is 1. The zero-order valence-corrected chi connectivity index (χ0v) is 21.0. The Labute approximate surface area is 213 Å². The summed E-state index contributed by atoms with van der Waals surface area (Å²) >= 11 is 13.4. The van der Waals surface area contributed by atoms with Crippen molar-refractivity contribution >= 4 is 63.3 Å². The number of nitrogens with one attached hydrogen (secondary N) is 1. The van der Waals surface area contributed by atoms with Gasteiger partial charge in [0.1, 0.15) is 5.25 Å². The van der Waals surface area contributed by atoms with E-state index in [2.05, 4.69) is 10.3 Å². The molecule has 1 fully saturated rings. The molecule has 1 unspecified atom stereocenters. The summed E-state index contributed by atoms with van der Waals surface area (Å²) < 4.78 is 0. The molecule has 1 aliphatic rings. The van der Waals surface area contributed by atoms with Crippen LogP contribution < -0.4 is 5.32 Å². The predicted molar refractivity (Wildman–Crippen MR) is 141 cm³/mol. The van der Waals surface area contributed by atoms with E-state index in [0.717, 1.165) is 22.4 Å². The van der Waals surface area contributed by atoms with Crippen molar-refractivity contribution in [3.05, 3.63) is 93.5 Å². The van der Waals surface area contributed by atoms with Gasteiger partial charge in [-0.1, -0.05) is 70.9 Å². The number of halogens is 2. The minimum atomic E-state index is -0.604. The highest BCUT2D eigenvalue weighted by Gasteiger charge is 2.36. The maximum absolute atomic E-state index is 13.2. The van der Waals surface area contributed by atoms with Crippen LogP contribution in [0.1, 0.15) is 23.1 Å². The molecular weight excluding hydrogens is 489 g/mol. The Bertz CT molecular complexity index is 1260. The van der Waals surface area contributed by atoms with E-state index in [1.807, 2.05) is 50.2 Å². The molecular formula is C26H23Cl2N3O2S. The number of hydrogen-bond donors (Lipinski definition) is 1. The quantitative estimate of drug-likeness (QED) is 0.410. The van der Waals surface area contributed by atoms with Crippen LogP contribution in [0.25, 0.3) is 0 Å². The van der Waals surface area contributed by atoms with Crippen LogP contribution >= 0.6 is 35.0 Å². The molecule has 0 saturated carbocycles. The van der Waals surface area contributed by atoms with Crippen LogP contribution in [0.3, 0.4) is 0 Å². The normalized spacial score (nSPS) is 17.2. The first-order valence-electron chi connectivity index (χ1n) is 10.7. The molecule has 3 aromatic rings. The largest absolute Gasteiger partial charge is 0.325 e. The number of hydrogen-bond acceptors (Lipinski definition) is 4. The van der Waals surface area contributed by atoms with Gasteiger partial charge in [-0.3, -0.25) is 14.5 Å². The van der Waals surface area contributed by atoms with Crippen molar-refractivity contribution in [3.63, 3.8) is 0 Å². The monoisotopic (exact) mass is 511 g/mol. The number of amides is 2. The van der Waals surface area contributed by atoms with Gasteiger partial charge in [0.05, 0.1) is 12.2 Å². The van der Waals surface area contributed by atoms with Crippen LogP contribution in [0.4, 0.5) is 11.4 Å². The lowest BCUT2D eigenvalue weighted by Gasteiger charge is -2.32. The van der Waals surface area contributed by atoms with Gasteiger partial charge in [0.2, 0.25) is 11.8 Å². The topological polar surface area (TPSA) is 61.8 Å². The minimum Gasteiger partial charge on any atom is -0.325 e. The summed E-state index contributed by atoms with van der Waals surface area (Å²) in [6.45, 7) is 4.28. The fourth-order valence-corrected chi connectivity index (χ4v) is 5.00. The van der Waals surface area contributed by atoms with E-state index in [1.165, 1.54) is 11.8 Å². The number of thioether (sulfide) groups is 1. The zero-order valence-electron chi connectivity index (χ0n) is 18.7. The third-order valence-corrected chi connectivity index (χ3v) is 7.03. The van der Waals surface area contributed by atoms with Gasteiger partial charge in [0.25, 0.3) is 0 Å². The van der Waals surface area contributed by atoms with Gasteiger partial charge in [-0.15, -0.1) is 0 Å². The van der Waals surface area contributed by atoms with Crippen LogP contribution in [0.5, 0.6) is 0 Å². The van der Waals surface area contributed by atoms with Crippen molar-refractivity contribution in [2.75, 3.05) is 5.32 Å². The highest BCUT2D eigenvalue weighted by molar-refractivity contribution is 8.15. The molecule has 34 heavy (non-hydrogen) atoms. The number of carbonyl (C=O) groups is 2. The second-order valence-electron chi connectivity index (χ2n) is 8.10. The van der Waals surface area contributed by atoms with Crippen molar-refractivity contribution in [1.82, 2.24) is 4.90 Å². The Morgan fingerprint density at radius 1 is 1.06 bits per heavy atom. The minimum absolute atomic E-state index is 0.0730. The number of nitrogens with zero attached hydrogens (tertiary/aromatic N) is 2. The van der Waals surface area contributed by atoms with Crippen molar-refractivity contribution in [2.24, 2.45) is 4.99 Å². The number of benzene rings is 3. The number of rotatable bonds is 5. The molecule has 8 heteroatoms. The average molecular weight is 512 g/mol. The molecule has 0 bridgehead atoms. The van der Waals surface area contributed by atoms with Gasteiger partial charge in [0, 0.05) is 22.2 Å². The van der Waals surface area contributed by atoms with E-state index in [0.29, 0.717) is 27.4 Å². The van der Waals surface area contributed by atoms with Crippen LogP contribution in [-0.2, 0) is 16.1 Å². The van der Waals surface area contributed by atoms with Crippen LogP contribution in [0.15, 0.2) is 71.7 Å². The van der Waals surface area contributed by atoms with E-state index in [4.69, 9.17) is 23.2 Å². The Morgan fingerprint density at radius 3 is 2.53 bits per heavy atom. The summed E-state index contributed by atoms with van der Waals surface area (Å²) in [7, 11) is 0. The Balaban J connectivity index is 1.61. The first-order chi connectivity index (χ1) is 16.3. The van der Waals surface area contributed by atoms with E-state index in [9.17, 15) is 9.59 Å².